The second-order valence-corrected chi connectivity index (χ2v) is 5.20. The van der Waals surface area contributed by atoms with Gasteiger partial charge in [-0.1, -0.05) is 11.6 Å². The Morgan fingerprint density at radius 1 is 1.04 bits per heavy atom. The maximum absolute atomic E-state index is 11.1. The number of carbonyl (C=O) groups is 2. The molecule has 0 aliphatic carbocycles. The molecule has 0 unspecified atom stereocenters. The normalized spacial score (nSPS) is 10.0. The van der Waals surface area contributed by atoms with Crippen molar-refractivity contribution in [2.45, 2.75) is 13.8 Å². The lowest BCUT2D eigenvalue weighted by Gasteiger charge is -2.11. The number of phenols is 1. The van der Waals surface area contributed by atoms with Crippen molar-refractivity contribution in [3.8, 4) is 17.2 Å². The molecule has 2 aromatic carbocycles. The van der Waals surface area contributed by atoms with E-state index in [1.165, 1.54) is 32.0 Å². The first kappa shape index (κ1) is 16.6. The first-order valence-corrected chi connectivity index (χ1v) is 7.08. The fourth-order valence-electron chi connectivity index (χ4n) is 1.85. The minimum absolute atomic E-state index is 0.0823. The zero-order valence-corrected chi connectivity index (χ0v) is 13.3. The summed E-state index contributed by atoms with van der Waals surface area (Å²) in [6.45, 7) is 2.76. The molecule has 6 nitrogen and oxygen atoms in total. The number of anilines is 2. The van der Waals surface area contributed by atoms with Crippen molar-refractivity contribution in [3.63, 3.8) is 0 Å². The van der Waals surface area contributed by atoms with Crippen molar-refractivity contribution in [3.05, 3.63) is 41.4 Å². The van der Waals surface area contributed by atoms with E-state index in [-0.39, 0.29) is 23.3 Å². The van der Waals surface area contributed by atoms with Gasteiger partial charge in [-0.3, -0.25) is 9.59 Å². The first-order chi connectivity index (χ1) is 10.8. The fourth-order valence-corrected chi connectivity index (χ4v) is 2.07. The van der Waals surface area contributed by atoms with Gasteiger partial charge in [-0.05, 0) is 24.3 Å². The van der Waals surface area contributed by atoms with Gasteiger partial charge in [-0.25, -0.2) is 0 Å². The Hall–Kier alpha value is -2.73. The minimum atomic E-state index is -0.235. The van der Waals surface area contributed by atoms with E-state index in [0.717, 1.165) is 0 Å². The van der Waals surface area contributed by atoms with Gasteiger partial charge in [0.15, 0.2) is 11.5 Å². The summed E-state index contributed by atoms with van der Waals surface area (Å²) in [7, 11) is 0. The molecule has 2 aromatic rings. The standard InChI is InChI=1S/C16H15ClN2O4/c1-9(20)18-11-3-6-15(22)16(7-11)23-12-4-5-14(13(17)8-12)19-10(2)21/h3-8,22H,1-2H3,(H,18,20)(H,19,21). The van der Waals surface area contributed by atoms with Crippen LogP contribution in [0.3, 0.4) is 0 Å². The molecule has 0 radical (unpaired) electrons. The average molecular weight is 335 g/mol. The molecule has 0 saturated carbocycles. The molecule has 7 heteroatoms. The number of aromatic hydroxyl groups is 1. The number of ether oxygens (including phenoxy) is 1. The monoisotopic (exact) mass is 334 g/mol. The van der Waals surface area contributed by atoms with Crippen LogP contribution < -0.4 is 15.4 Å². The van der Waals surface area contributed by atoms with Crippen LogP contribution in [0.25, 0.3) is 0 Å². The van der Waals surface area contributed by atoms with Crippen LogP contribution in [0.1, 0.15) is 13.8 Å². The van der Waals surface area contributed by atoms with Gasteiger partial charge < -0.3 is 20.5 Å². The van der Waals surface area contributed by atoms with E-state index in [4.69, 9.17) is 16.3 Å². The summed E-state index contributed by atoms with van der Waals surface area (Å²) in [5, 5.41) is 15.3. The smallest absolute Gasteiger partial charge is 0.221 e. The van der Waals surface area contributed by atoms with E-state index in [1.807, 2.05) is 0 Å². The van der Waals surface area contributed by atoms with E-state index in [2.05, 4.69) is 10.6 Å². The van der Waals surface area contributed by atoms with E-state index >= 15 is 0 Å². The molecule has 23 heavy (non-hydrogen) atoms. The maximum Gasteiger partial charge on any atom is 0.221 e. The number of rotatable bonds is 4. The molecule has 3 N–H and O–H groups in total. The predicted molar refractivity (Wildman–Crippen MR) is 88.2 cm³/mol. The SMILES string of the molecule is CC(=O)Nc1ccc(O)c(Oc2ccc(NC(C)=O)c(Cl)c2)c1. The van der Waals surface area contributed by atoms with Gasteiger partial charge in [0.1, 0.15) is 5.75 Å². The summed E-state index contributed by atoms with van der Waals surface area (Å²) in [6, 6.07) is 9.16. The van der Waals surface area contributed by atoms with Crippen molar-refractivity contribution in [1.82, 2.24) is 0 Å². The summed E-state index contributed by atoms with van der Waals surface area (Å²) < 4.78 is 5.57. The summed E-state index contributed by atoms with van der Waals surface area (Å²) in [6.07, 6.45) is 0. The van der Waals surface area contributed by atoms with Crippen LogP contribution in [0.5, 0.6) is 17.2 Å². The molecule has 0 saturated heterocycles. The third-order valence-electron chi connectivity index (χ3n) is 2.76. The highest BCUT2D eigenvalue weighted by atomic mass is 35.5. The fraction of sp³-hybridized carbons (Fsp3) is 0.125. The van der Waals surface area contributed by atoms with Gasteiger partial charge in [0, 0.05) is 31.7 Å². The molecule has 2 amide bonds. The Morgan fingerprint density at radius 2 is 1.74 bits per heavy atom. The van der Waals surface area contributed by atoms with Gasteiger partial charge in [-0.15, -0.1) is 0 Å². The van der Waals surface area contributed by atoms with Crippen LogP contribution in [0.15, 0.2) is 36.4 Å². The highest BCUT2D eigenvalue weighted by Gasteiger charge is 2.09. The van der Waals surface area contributed by atoms with Crippen LogP contribution in [0.4, 0.5) is 11.4 Å². The number of hydrogen-bond donors (Lipinski definition) is 3. The Morgan fingerprint density at radius 3 is 2.35 bits per heavy atom. The molecular formula is C16H15ClN2O4. The summed E-state index contributed by atoms with van der Waals surface area (Å²) in [5.41, 5.74) is 0.953. The third-order valence-corrected chi connectivity index (χ3v) is 3.07. The zero-order chi connectivity index (χ0) is 17.0. The van der Waals surface area contributed by atoms with Crippen LogP contribution in [0.2, 0.25) is 5.02 Å². The summed E-state index contributed by atoms with van der Waals surface area (Å²) >= 11 is 6.07. The highest BCUT2D eigenvalue weighted by Crippen LogP contribution is 2.35. The molecule has 0 bridgehead atoms. The van der Waals surface area contributed by atoms with Crippen molar-refractivity contribution in [2.75, 3.05) is 10.6 Å². The van der Waals surface area contributed by atoms with Crippen LogP contribution in [-0.4, -0.2) is 16.9 Å². The molecular weight excluding hydrogens is 320 g/mol. The van der Waals surface area contributed by atoms with Gasteiger partial charge >= 0.3 is 0 Å². The Balaban J connectivity index is 2.23. The van der Waals surface area contributed by atoms with Gasteiger partial charge in [0.05, 0.1) is 10.7 Å². The third kappa shape index (κ3) is 4.62. The van der Waals surface area contributed by atoms with Crippen LogP contribution >= 0.6 is 11.6 Å². The molecule has 120 valence electrons. The van der Waals surface area contributed by atoms with E-state index in [0.29, 0.717) is 22.1 Å². The molecule has 0 spiro atoms. The lowest BCUT2D eigenvalue weighted by molar-refractivity contribution is -0.115. The van der Waals surface area contributed by atoms with Crippen molar-refractivity contribution >= 4 is 34.8 Å². The van der Waals surface area contributed by atoms with Crippen LogP contribution in [-0.2, 0) is 9.59 Å². The summed E-state index contributed by atoms with van der Waals surface area (Å²) in [4.78, 5) is 22.1. The molecule has 0 aliphatic rings. The van der Waals surface area contributed by atoms with Gasteiger partial charge in [-0.2, -0.15) is 0 Å². The lowest BCUT2D eigenvalue weighted by Crippen LogP contribution is -2.06. The maximum atomic E-state index is 11.1. The van der Waals surface area contributed by atoms with Crippen molar-refractivity contribution in [2.24, 2.45) is 0 Å². The van der Waals surface area contributed by atoms with Gasteiger partial charge in [0.25, 0.3) is 0 Å². The minimum Gasteiger partial charge on any atom is -0.504 e. The molecule has 0 heterocycles. The number of hydrogen-bond acceptors (Lipinski definition) is 4. The molecule has 2 rings (SSSR count). The average Bonchev–Trinajstić information content (AvgIpc) is 2.44. The zero-order valence-electron chi connectivity index (χ0n) is 12.5. The Labute approximate surface area is 138 Å². The number of amides is 2. The molecule has 0 aliphatic heterocycles. The number of phenolic OH excluding ortho intramolecular Hbond substituents is 1. The molecule has 0 atom stereocenters. The summed E-state index contributed by atoms with van der Waals surface area (Å²) in [5.74, 6) is -0.00861. The molecule has 0 aromatic heterocycles. The topological polar surface area (TPSA) is 87.7 Å². The number of halogens is 1. The number of carbonyl (C=O) groups excluding carboxylic acids is 2. The quantitative estimate of drug-likeness (QED) is 0.743. The molecule has 0 fully saturated rings. The second kappa shape index (κ2) is 7.02. The Bertz CT molecular complexity index is 762. The van der Waals surface area contributed by atoms with E-state index in [1.54, 1.807) is 18.2 Å². The van der Waals surface area contributed by atoms with Gasteiger partial charge in [0.2, 0.25) is 11.8 Å². The van der Waals surface area contributed by atoms with E-state index in [9.17, 15) is 14.7 Å². The predicted octanol–water partition coefficient (Wildman–Crippen LogP) is 3.75. The Kier molecular flexibility index (Phi) is 5.08. The van der Waals surface area contributed by atoms with Crippen molar-refractivity contribution in [1.29, 1.82) is 0 Å². The number of nitrogens with one attached hydrogen (secondary N) is 2. The van der Waals surface area contributed by atoms with E-state index < -0.39 is 0 Å². The first-order valence-electron chi connectivity index (χ1n) is 6.71. The van der Waals surface area contributed by atoms with Crippen molar-refractivity contribution < 1.29 is 19.4 Å². The number of benzene rings is 2. The lowest BCUT2D eigenvalue weighted by atomic mass is 10.2. The highest BCUT2D eigenvalue weighted by molar-refractivity contribution is 6.33. The van der Waals surface area contributed by atoms with Crippen LogP contribution in [0, 0.1) is 0 Å². The largest absolute Gasteiger partial charge is 0.504 e. The second-order valence-electron chi connectivity index (χ2n) is 4.79.